The minimum absolute atomic E-state index is 0.266. The van der Waals surface area contributed by atoms with Crippen LogP contribution in [-0.4, -0.2) is 16.2 Å². The molecule has 0 aliphatic carbocycles. The van der Waals surface area contributed by atoms with Gasteiger partial charge in [-0.15, -0.1) is 5.10 Å². The van der Waals surface area contributed by atoms with E-state index in [9.17, 15) is 0 Å². The van der Waals surface area contributed by atoms with Gasteiger partial charge in [-0.25, -0.2) is 0 Å². The van der Waals surface area contributed by atoms with E-state index < -0.39 is 0 Å². The number of nitrogens with one attached hydrogen (secondary N) is 1. The monoisotopic (exact) mass is 217 g/mol. The van der Waals surface area contributed by atoms with Crippen LogP contribution < -0.4 is 5.32 Å². The van der Waals surface area contributed by atoms with Gasteiger partial charge in [0.15, 0.2) is 0 Å². The molecular formula is C12H15N3O. The number of rotatable bonds is 4. The Morgan fingerprint density at radius 2 is 2.38 bits per heavy atom. The van der Waals surface area contributed by atoms with Crippen LogP contribution in [0.15, 0.2) is 35.1 Å². The average Bonchev–Trinajstić information content (AvgIpc) is 2.70. The molecule has 1 unspecified atom stereocenters. The topological polar surface area (TPSA) is 51.0 Å². The highest BCUT2D eigenvalue weighted by Crippen LogP contribution is 2.09. The van der Waals surface area contributed by atoms with Crippen LogP contribution in [0.4, 0.5) is 5.82 Å². The van der Waals surface area contributed by atoms with Crippen molar-refractivity contribution in [3.8, 4) is 0 Å². The minimum Gasteiger partial charge on any atom is -0.469 e. The second-order valence-electron chi connectivity index (χ2n) is 3.95. The SMILES string of the molecule is Cc1cnnc(NC(C)Cc2ccco2)c1. The van der Waals surface area contributed by atoms with E-state index >= 15 is 0 Å². The Bertz CT molecular complexity index is 439. The number of furan rings is 1. The van der Waals surface area contributed by atoms with Crippen LogP contribution in [0.5, 0.6) is 0 Å². The largest absolute Gasteiger partial charge is 0.469 e. The van der Waals surface area contributed by atoms with E-state index in [1.807, 2.05) is 25.1 Å². The van der Waals surface area contributed by atoms with Crippen LogP contribution in [-0.2, 0) is 6.42 Å². The molecule has 2 aromatic heterocycles. The molecule has 0 fully saturated rings. The molecular weight excluding hydrogens is 202 g/mol. The summed E-state index contributed by atoms with van der Waals surface area (Å²) < 4.78 is 5.29. The Labute approximate surface area is 94.7 Å². The van der Waals surface area contributed by atoms with Crippen LogP contribution >= 0.6 is 0 Å². The Kier molecular flexibility index (Phi) is 3.19. The summed E-state index contributed by atoms with van der Waals surface area (Å²) in [4.78, 5) is 0. The van der Waals surface area contributed by atoms with Gasteiger partial charge in [-0.05, 0) is 37.6 Å². The highest BCUT2D eigenvalue weighted by molar-refractivity contribution is 5.36. The normalized spacial score (nSPS) is 12.4. The Morgan fingerprint density at radius 1 is 1.50 bits per heavy atom. The molecule has 84 valence electrons. The molecule has 0 aliphatic heterocycles. The van der Waals surface area contributed by atoms with E-state index in [2.05, 4.69) is 22.4 Å². The summed E-state index contributed by atoms with van der Waals surface area (Å²) in [5, 5.41) is 11.2. The maximum Gasteiger partial charge on any atom is 0.149 e. The van der Waals surface area contributed by atoms with Gasteiger partial charge in [0.1, 0.15) is 11.6 Å². The van der Waals surface area contributed by atoms with Crippen molar-refractivity contribution in [1.82, 2.24) is 10.2 Å². The quantitative estimate of drug-likeness (QED) is 0.854. The summed E-state index contributed by atoms with van der Waals surface area (Å²) in [6.07, 6.45) is 4.26. The molecule has 2 rings (SSSR count). The Hall–Kier alpha value is -1.84. The summed E-state index contributed by atoms with van der Waals surface area (Å²) in [5.74, 6) is 1.78. The average molecular weight is 217 g/mol. The highest BCUT2D eigenvalue weighted by atomic mass is 16.3. The van der Waals surface area contributed by atoms with E-state index in [1.54, 1.807) is 12.5 Å². The first-order valence-corrected chi connectivity index (χ1v) is 5.32. The molecule has 4 heteroatoms. The summed E-state index contributed by atoms with van der Waals surface area (Å²) in [5.41, 5.74) is 1.10. The number of hydrogen-bond acceptors (Lipinski definition) is 4. The van der Waals surface area contributed by atoms with Crippen molar-refractivity contribution in [2.75, 3.05) is 5.32 Å². The molecule has 0 amide bonds. The lowest BCUT2D eigenvalue weighted by molar-refractivity contribution is 0.497. The maximum atomic E-state index is 5.29. The van der Waals surface area contributed by atoms with E-state index in [1.165, 1.54) is 0 Å². The van der Waals surface area contributed by atoms with Crippen molar-refractivity contribution < 1.29 is 4.42 Å². The summed E-state index contributed by atoms with van der Waals surface area (Å²) in [7, 11) is 0. The van der Waals surface area contributed by atoms with Crippen molar-refractivity contribution in [2.45, 2.75) is 26.3 Å². The molecule has 2 heterocycles. The third-order valence-corrected chi connectivity index (χ3v) is 2.27. The first kappa shape index (κ1) is 10.7. The minimum atomic E-state index is 0.266. The van der Waals surface area contributed by atoms with Crippen molar-refractivity contribution in [3.05, 3.63) is 42.0 Å². The van der Waals surface area contributed by atoms with Crippen molar-refractivity contribution in [2.24, 2.45) is 0 Å². The van der Waals surface area contributed by atoms with Crippen LogP contribution in [0.25, 0.3) is 0 Å². The fourth-order valence-corrected chi connectivity index (χ4v) is 1.57. The number of aromatic nitrogens is 2. The van der Waals surface area contributed by atoms with E-state index in [-0.39, 0.29) is 6.04 Å². The molecule has 0 bridgehead atoms. The van der Waals surface area contributed by atoms with Gasteiger partial charge in [0, 0.05) is 12.5 Å². The predicted octanol–water partition coefficient (Wildman–Crippen LogP) is 2.42. The predicted molar refractivity (Wildman–Crippen MR) is 62.3 cm³/mol. The van der Waals surface area contributed by atoms with Gasteiger partial charge in [-0.3, -0.25) is 0 Å². The van der Waals surface area contributed by atoms with Crippen LogP contribution in [0, 0.1) is 6.92 Å². The van der Waals surface area contributed by atoms with Gasteiger partial charge >= 0.3 is 0 Å². The lowest BCUT2D eigenvalue weighted by Crippen LogP contribution is -2.18. The van der Waals surface area contributed by atoms with Crippen molar-refractivity contribution in [1.29, 1.82) is 0 Å². The van der Waals surface area contributed by atoms with Gasteiger partial charge in [0.25, 0.3) is 0 Å². The second kappa shape index (κ2) is 4.79. The molecule has 2 aromatic rings. The zero-order chi connectivity index (χ0) is 11.4. The van der Waals surface area contributed by atoms with E-state index in [0.29, 0.717) is 0 Å². The fourth-order valence-electron chi connectivity index (χ4n) is 1.57. The molecule has 0 aliphatic rings. The fraction of sp³-hybridized carbons (Fsp3) is 0.333. The van der Waals surface area contributed by atoms with E-state index in [4.69, 9.17) is 4.42 Å². The molecule has 0 saturated carbocycles. The lowest BCUT2D eigenvalue weighted by atomic mass is 10.2. The zero-order valence-corrected chi connectivity index (χ0v) is 9.47. The molecule has 16 heavy (non-hydrogen) atoms. The standard InChI is InChI=1S/C12H15N3O/c1-9-6-12(15-13-8-9)14-10(2)7-11-4-3-5-16-11/h3-6,8,10H,7H2,1-2H3,(H,14,15). The summed E-state index contributed by atoms with van der Waals surface area (Å²) in [6, 6.07) is 6.11. The van der Waals surface area contributed by atoms with Gasteiger partial charge < -0.3 is 9.73 Å². The summed E-state index contributed by atoms with van der Waals surface area (Å²) >= 11 is 0. The van der Waals surface area contributed by atoms with Gasteiger partial charge in [-0.2, -0.15) is 5.10 Å². The number of hydrogen-bond donors (Lipinski definition) is 1. The number of nitrogens with zero attached hydrogens (tertiary/aromatic N) is 2. The first-order valence-electron chi connectivity index (χ1n) is 5.32. The van der Waals surface area contributed by atoms with Crippen molar-refractivity contribution >= 4 is 5.82 Å². The van der Waals surface area contributed by atoms with Crippen LogP contribution in [0.1, 0.15) is 18.2 Å². The maximum absolute atomic E-state index is 5.29. The third-order valence-electron chi connectivity index (χ3n) is 2.27. The van der Waals surface area contributed by atoms with Gasteiger partial charge in [0.05, 0.1) is 12.5 Å². The van der Waals surface area contributed by atoms with Crippen LogP contribution in [0.2, 0.25) is 0 Å². The smallest absolute Gasteiger partial charge is 0.149 e. The molecule has 1 N–H and O–H groups in total. The van der Waals surface area contributed by atoms with Gasteiger partial charge in [-0.1, -0.05) is 0 Å². The zero-order valence-electron chi connectivity index (χ0n) is 9.47. The Balaban J connectivity index is 1.94. The molecule has 1 atom stereocenters. The van der Waals surface area contributed by atoms with Gasteiger partial charge in [0.2, 0.25) is 0 Å². The number of aryl methyl sites for hydroxylation is 1. The molecule has 0 aromatic carbocycles. The summed E-state index contributed by atoms with van der Waals surface area (Å²) in [6.45, 7) is 4.09. The van der Waals surface area contributed by atoms with Crippen LogP contribution in [0.3, 0.4) is 0 Å². The number of anilines is 1. The highest BCUT2D eigenvalue weighted by Gasteiger charge is 2.06. The Morgan fingerprint density at radius 3 is 3.06 bits per heavy atom. The van der Waals surface area contributed by atoms with Crippen molar-refractivity contribution in [3.63, 3.8) is 0 Å². The molecule has 0 saturated heterocycles. The first-order chi connectivity index (χ1) is 7.74. The second-order valence-corrected chi connectivity index (χ2v) is 3.95. The lowest BCUT2D eigenvalue weighted by Gasteiger charge is -2.12. The van der Waals surface area contributed by atoms with E-state index in [0.717, 1.165) is 23.6 Å². The molecule has 0 radical (unpaired) electrons. The molecule has 4 nitrogen and oxygen atoms in total. The molecule has 0 spiro atoms. The third kappa shape index (κ3) is 2.82.